The Kier molecular flexibility index (Phi) is 4.16. The van der Waals surface area contributed by atoms with Gasteiger partial charge in [-0.15, -0.1) is 0 Å². The first-order chi connectivity index (χ1) is 12.7. The lowest BCUT2D eigenvalue weighted by Crippen LogP contribution is -2.24. The molecular weight excluding hydrogens is 328 g/mol. The predicted octanol–water partition coefficient (Wildman–Crippen LogP) is 1.93. The van der Waals surface area contributed by atoms with E-state index in [2.05, 4.69) is 5.32 Å². The van der Waals surface area contributed by atoms with E-state index in [9.17, 15) is 9.59 Å². The number of nitrogens with one attached hydrogen (secondary N) is 1. The molecule has 0 saturated heterocycles. The van der Waals surface area contributed by atoms with Crippen molar-refractivity contribution in [3.63, 3.8) is 0 Å². The lowest BCUT2D eigenvalue weighted by molar-refractivity contribution is 0.0962. The lowest BCUT2D eigenvalue weighted by atomic mass is 10.2. The van der Waals surface area contributed by atoms with Crippen molar-refractivity contribution in [2.45, 2.75) is 25.8 Å². The molecule has 2 aromatic heterocycles. The van der Waals surface area contributed by atoms with Gasteiger partial charge in [-0.3, -0.25) is 9.59 Å². The zero-order valence-electron chi connectivity index (χ0n) is 14.6. The Hall–Kier alpha value is -3.15. The van der Waals surface area contributed by atoms with Gasteiger partial charge in [-0.25, -0.2) is 4.68 Å². The van der Waals surface area contributed by atoms with E-state index in [0.717, 1.165) is 30.6 Å². The van der Waals surface area contributed by atoms with E-state index in [4.69, 9.17) is 5.10 Å². The molecule has 0 aliphatic heterocycles. The van der Waals surface area contributed by atoms with Crippen LogP contribution in [0.2, 0.25) is 0 Å². The first-order valence-corrected chi connectivity index (χ1v) is 8.75. The quantitative estimate of drug-likeness (QED) is 0.783. The van der Waals surface area contributed by atoms with Crippen molar-refractivity contribution in [1.29, 1.82) is 0 Å². The van der Waals surface area contributed by atoms with Crippen LogP contribution in [-0.2, 0) is 19.4 Å². The number of fused-ring (bicyclic) bond motifs is 1. The highest BCUT2D eigenvalue weighted by Gasteiger charge is 2.23. The van der Waals surface area contributed by atoms with Gasteiger partial charge in [0.25, 0.3) is 11.5 Å². The maximum absolute atomic E-state index is 12.3. The molecule has 1 aliphatic carbocycles. The third-order valence-corrected chi connectivity index (χ3v) is 4.81. The van der Waals surface area contributed by atoms with Gasteiger partial charge < -0.3 is 9.88 Å². The van der Waals surface area contributed by atoms with E-state index in [1.165, 1.54) is 17.3 Å². The number of nitrogens with zero attached hydrogens (tertiary/aromatic N) is 3. The molecule has 1 aliphatic rings. The molecule has 1 aromatic carbocycles. The Morgan fingerprint density at radius 3 is 2.73 bits per heavy atom. The highest BCUT2D eigenvalue weighted by atomic mass is 16.1. The molecule has 0 atom stereocenters. The second-order valence-electron chi connectivity index (χ2n) is 6.44. The van der Waals surface area contributed by atoms with E-state index in [1.54, 1.807) is 23.9 Å². The zero-order chi connectivity index (χ0) is 18.1. The molecule has 2 heterocycles. The van der Waals surface area contributed by atoms with Gasteiger partial charge in [-0.2, -0.15) is 5.10 Å². The van der Waals surface area contributed by atoms with Gasteiger partial charge in [0.15, 0.2) is 0 Å². The molecule has 0 unspecified atom stereocenters. The van der Waals surface area contributed by atoms with Crippen molar-refractivity contribution in [1.82, 2.24) is 19.7 Å². The van der Waals surface area contributed by atoms with Crippen LogP contribution in [0.5, 0.6) is 0 Å². The van der Waals surface area contributed by atoms with Crippen LogP contribution in [0, 0.1) is 0 Å². The SMILES string of the molecule is CNC(=O)c1ccc(=O)n(Cc2nn(-c3ccccc3)c3c2CCC3)c1. The summed E-state index contributed by atoms with van der Waals surface area (Å²) in [4.78, 5) is 24.1. The van der Waals surface area contributed by atoms with Gasteiger partial charge in [0, 0.05) is 25.0 Å². The highest BCUT2D eigenvalue weighted by molar-refractivity contribution is 5.93. The Bertz CT molecular complexity index is 1020. The van der Waals surface area contributed by atoms with Crippen LogP contribution in [0.1, 0.15) is 33.7 Å². The number of carbonyl (C=O) groups is 1. The summed E-state index contributed by atoms with van der Waals surface area (Å²) in [6.45, 7) is 0.367. The molecule has 1 amide bonds. The third-order valence-electron chi connectivity index (χ3n) is 4.81. The van der Waals surface area contributed by atoms with Gasteiger partial charge in [-0.05, 0) is 43.0 Å². The summed E-state index contributed by atoms with van der Waals surface area (Å²) in [6.07, 6.45) is 4.66. The monoisotopic (exact) mass is 348 g/mol. The lowest BCUT2D eigenvalue weighted by Gasteiger charge is -2.07. The second kappa shape index (κ2) is 6.63. The molecule has 6 heteroatoms. The molecular formula is C20H20N4O2. The second-order valence-corrected chi connectivity index (χ2v) is 6.44. The van der Waals surface area contributed by atoms with Gasteiger partial charge in [-0.1, -0.05) is 18.2 Å². The summed E-state index contributed by atoms with van der Waals surface area (Å²) in [5.74, 6) is -0.209. The normalized spacial score (nSPS) is 12.8. The molecule has 3 aromatic rings. The largest absolute Gasteiger partial charge is 0.355 e. The molecule has 132 valence electrons. The highest BCUT2D eigenvalue weighted by Crippen LogP contribution is 2.28. The first-order valence-electron chi connectivity index (χ1n) is 8.75. The van der Waals surface area contributed by atoms with Gasteiger partial charge in [0.2, 0.25) is 0 Å². The Labute approximate surface area is 151 Å². The van der Waals surface area contributed by atoms with Crippen LogP contribution in [0.3, 0.4) is 0 Å². The minimum atomic E-state index is -0.209. The number of hydrogen-bond acceptors (Lipinski definition) is 3. The molecule has 0 spiro atoms. The fourth-order valence-corrected chi connectivity index (χ4v) is 3.52. The predicted molar refractivity (Wildman–Crippen MR) is 98.8 cm³/mol. The van der Waals surface area contributed by atoms with Crippen LogP contribution in [0.15, 0.2) is 53.5 Å². The maximum Gasteiger partial charge on any atom is 0.252 e. The van der Waals surface area contributed by atoms with Gasteiger partial charge in [0.05, 0.1) is 23.5 Å². The Morgan fingerprint density at radius 1 is 1.15 bits per heavy atom. The number of para-hydroxylation sites is 1. The fraction of sp³-hybridized carbons (Fsp3) is 0.250. The van der Waals surface area contributed by atoms with E-state index < -0.39 is 0 Å². The summed E-state index contributed by atoms with van der Waals surface area (Å²) >= 11 is 0. The molecule has 1 N–H and O–H groups in total. The topological polar surface area (TPSA) is 68.9 Å². The maximum atomic E-state index is 12.3. The fourth-order valence-electron chi connectivity index (χ4n) is 3.52. The molecule has 26 heavy (non-hydrogen) atoms. The Morgan fingerprint density at radius 2 is 1.96 bits per heavy atom. The molecule has 0 bridgehead atoms. The van der Waals surface area contributed by atoms with Crippen molar-refractivity contribution in [2.24, 2.45) is 0 Å². The standard InChI is InChI=1S/C20H20N4O2/c1-21-20(26)14-10-11-19(25)23(12-14)13-17-16-8-5-9-18(16)24(22-17)15-6-3-2-4-7-15/h2-4,6-7,10-12H,5,8-9,13H2,1H3,(H,21,26). The van der Waals surface area contributed by atoms with Gasteiger partial charge >= 0.3 is 0 Å². The third kappa shape index (κ3) is 2.83. The summed E-state index contributed by atoms with van der Waals surface area (Å²) in [7, 11) is 1.58. The average Bonchev–Trinajstić information content (AvgIpc) is 3.27. The number of carbonyl (C=O) groups excluding carboxylic acids is 1. The van der Waals surface area contributed by atoms with Gasteiger partial charge in [0.1, 0.15) is 0 Å². The minimum absolute atomic E-state index is 0.140. The average molecular weight is 348 g/mol. The zero-order valence-corrected chi connectivity index (χ0v) is 14.6. The van der Waals surface area contributed by atoms with E-state index in [0.29, 0.717) is 12.1 Å². The molecule has 0 radical (unpaired) electrons. The van der Waals surface area contributed by atoms with Crippen LogP contribution >= 0.6 is 0 Å². The van der Waals surface area contributed by atoms with Crippen LogP contribution in [-0.4, -0.2) is 27.3 Å². The van der Waals surface area contributed by atoms with Crippen LogP contribution in [0.4, 0.5) is 0 Å². The number of amides is 1. The van der Waals surface area contributed by atoms with Crippen molar-refractivity contribution in [3.05, 3.63) is 81.5 Å². The first kappa shape index (κ1) is 16.3. The van der Waals surface area contributed by atoms with Crippen molar-refractivity contribution in [2.75, 3.05) is 7.05 Å². The summed E-state index contributed by atoms with van der Waals surface area (Å²) in [6, 6.07) is 13.0. The molecule has 0 fully saturated rings. The smallest absolute Gasteiger partial charge is 0.252 e. The van der Waals surface area contributed by atoms with E-state index in [1.807, 2.05) is 35.0 Å². The number of benzene rings is 1. The summed E-state index contributed by atoms with van der Waals surface area (Å²) in [5, 5.41) is 7.37. The number of hydrogen-bond donors (Lipinski definition) is 1. The van der Waals surface area contributed by atoms with E-state index in [-0.39, 0.29) is 11.5 Å². The van der Waals surface area contributed by atoms with Crippen LogP contribution < -0.4 is 10.9 Å². The summed E-state index contributed by atoms with van der Waals surface area (Å²) in [5.41, 5.74) is 4.71. The van der Waals surface area contributed by atoms with Crippen LogP contribution in [0.25, 0.3) is 5.69 Å². The summed E-state index contributed by atoms with van der Waals surface area (Å²) < 4.78 is 3.55. The van der Waals surface area contributed by atoms with Crippen molar-refractivity contribution < 1.29 is 4.79 Å². The van der Waals surface area contributed by atoms with Crippen molar-refractivity contribution in [3.8, 4) is 5.69 Å². The number of aromatic nitrogens is 3. The van der Waals surface area contributed by atoms with E-state index >= 15 is 0 Å². The molecule has 6 nitrogen and oxygen atoms in total. The number of rotatable bonds is 4. The molecule has 0 saturated carbocycles. The van der Waals surface area contributed by atoms with Crippen molar-refractivity contribution >= 4 is 5.91 Å². The Balaban J connectivity index is 1.74. The minimum Gasteiger partial charge on any atom is -0.355 e. The molecule has 4 rings (SSSR count). The number of pyridine rings is 1.